The molecule has 20 heavy (non-hydrogen) atoms. The molecule has 1 aromatic carbocycles. The van der Waals surface area contributed by atoms with Crippen LogP contribution in [0.2, 0.25) is 0 Å². The van der Waals surface area contributed by atoms with E-state index in [1.165, 1.54) is 24.2 Å². The van der Waals surface area contributed by atoms with Gasteiger partial charge in [0.1, 0.15) is 5.82 Å². The van der Waals surface area contributed by atoms with Crippen LogP contribution in [0.4, 0.5) is 0 Å². The summed E-state index contributed by atoms with van der Waals surface area (Å²) in [6.07, 6.45) is 5.02. The van der Waals surface area contributed by atoms with Crippen LogP contribution >= 0.6 is 0 Å². The maximum Gasteiger partial charge on any atom is 0.109 e. The van der Waals surface area contributed by atoms with Crippen LogP contribution < -0.4 is 5.32 Å². The lowest BCUT2D eigenvalue weighted by Crippen LogP contribution is -2.31. The van der Waals surface area contributed by atoms with Gasteiger partial charge in [-0.15, -0.1) is 0 Å². The Balaban J connectivity index is 1.72. The first-order valence-corrected chi connectivity index (χ1v) is 7.97. The predicted molar refractivity (Wildman–Crippen MR) is 83.9 cm³/mol. The lowest BCUT2D eigenvalue weighted by atomic mass is 10.2. The van der Waals surface area contributed by atoms with Crippen molar-refractivity contribution in [2.75, 3.05) is 6.54 Å². The van der Waals surface area contributed by atoms with Crippen molar-refractivity contribution in [2.24, 2.45) is 5.92 Å². The average molecular weight is 271 g/mol. The second-order valence-corrected chi connectivity index (χ2v) is 6.00. The molecule has 0 aliphatic heterocycles. The van der Waals surface area contributed by atoms with Crippen LogP contribution in [0.1, 0.15) is 38.9 Å². The highest BCUT2D eigenvalue weighted by atomic mass is 15.1. The molecule has 1 fully saturated rings. The van der Waals surface area contributed by atoms with Gasteiger partial charge in [-0.05, 0) is 44.2 Å². The summed E-state index contributed by atoms with van der Waals surface area (Å²) in [6, 6.07) is 9.15. The molecule has 1 unspecified atom stereocenters. The minimum absolute atomic E-state index is 0.666. The predicted octanol–water partition coefficient (Wildman–Crippen LogP) is 3.38. The van der Waals surface area contributed by atoms with Crippen LogP contribution in [-0.2, 0) is 13.0 Å². The number of aryl methyl sites for hydroxylation is 1. The number of fused-ring (bicyclic) bond motifs is 1. The van der Waals surface area contributed by atoms with Crippen LogP contribution in [0.25, 0.3) is 11.0 Å². The van der Waals surface area contributed by atoms with Crippen molar-refractivity contribution in [1.29, 1.82) is 0 Å². The Morgan fingerprint density at radius 3 is 2.90 bits per heavy atom. The molecule has 3 heteroatoms. The Hall–Kier alpha value is -1.35. The third-order valence-corrected chi connectivity index (χ3v) is 4.34. The van der Waals surface area contributed by atoms with E-state index in [4.69, 9.17) is 4.98 Å². The summed E-state index contributed by atoms with van der Waals surface area (Å²) in [5.74, 6) is 2.15. The number of aromatic nitrogens is 2. The number of hydrogen-bond acceptors (Lipinski definition) is 2. The van der Waals surface area contributed by atoms with Gasteiger partial charge in [-0.25, -0.2) is 4.98 Å². The van der Waals surface area contributed by atoms with Crippen LogP contribution in [-0.4, -0.2) is 22.1 Å². The Morgan fingerprint density at radius 1 is 1.35 bits per heavy atom. The van der Waals surface area contributed by atoms with E-state index in [1.54, 1.807) is 0 Å². The van der Waals surface area contributed by atoms with Gasteiger partial charge >= 0.3 is 0 Å². The summed E-state index contributed by atoms with van der Waals surface area (Å²) < 4.78 is 2.39. The van der Waals surface area contributed by atoms with E-state index in [0.717, 1.165) is 37.4 Å². The van der Waals surface area contributed by atoms with E-state index in [0.29, 0.717) is 6.04 Å². The fourth-order valence-corrected chi connectivity index (χ4v) is 2.96. The van der Waals surface area contributed by atoms with Crippen molar-refractivity contribution in [1.82, 2.24) is 14.9 Å². The smallest absolute Gasteiger partial charge is 0.109 e. The maximum atomic E-state index is 4.78. The highest BCUT2D eigenvalue weighted by Gasteiger charge is 2.27. The van der Waals surface area contributed by atoms with E-state index >= 15 is 0 Å². The number of nitrogens with one attached hydrogen (secondary N) is 1. The molecule has 1 saturated carbocycles. The van der Waals surface area contributed by atoms with Crippen molar-refractivity contribution in [3.8, 4) is 0 Å². The van der Waals surface area contributed by atoms with E-state index in [2.05, 4.69) is 48.0 Å². The number of nitrogens with zero attached hydrogens (tertiary/aromatic N) is 2. The van der Waals surface area contributed by atoms with Gasteiger partial charge < -0.3 is 9.88 Å². The quantitative estimate of drug-likeness (QED) is 0.836. The normalized spacial score (nSPS) is 16.7. The van der Waals surface area contributed by atoms with Crippen LogP contribution in [0.15, 0.2) is 24.3 Å². The standard InChI is InChI=1S/C17H25N3/c1-3-6-17-19-15-7-4-5-8-16(15)20(17)12-11-18-13(2)14-9-10-14/h4-5,7-8,13-14,18H,3,6,9-12H2,1-2H3. The first-order valence-electron chi connectivity index (χ1n) is 7.97. The Kier molecular flexibility index (Phi) is 4.06. The van der Waals surface area contributed by atoms with E-state index in [1.807, 2.05) is 0 Å². The minimum Gasteiger partial charge on any atom is -0.327 e. The summed E-state index contributed by atoms with van der Waals surface area (Å²) in [6.45, 7) is 6.59. The minimum atomic E-state index is 0.666. The Labute approximate surface area is 121 Å². The molecule has 1 aliphatic rings. The third kappa shape index (κ3) is 2.88. The molecule has 1 N–H and O–H groups in total. The van der Waals surface area contributed by atoms with Crippen molar-refractivity contribution in [3.05, 3.63) is 30.1 Å². The average Bonchev–Trinajstić information content (AvgIpc) is 3.24. The van der Waals surface area contributed by atoms with Gasteiger partial charge in [0.2, 0.25) is 0 Å². The zero-order valence-electron chi connectivity index (χ0n) is 12.6. The maximum absolute atomic E-state index is 4.78. The largest absolute Gasteiger partial charge is 0.327 e. The first-order chi connectivity index (χ1) is 9.79. The molecule has 3 rings (SSSR count). The van der Waals surface area contributed by atoms with Gasteiger partial charge in [0.15, 0.2) is 0 Å². The monoisotopic (exact) mass is 271 g/mol. The summed E-state index contributed by atoms with van der Waals surface area (Å²) in [5, 5.41) is 3.67. The van der Waals surface area contributed by atoms with Crippen LogP contribution in [0.5, 0.6) is 0 Å². The second kappa shape index (κ2) is 5.96. The molecule has 1 aromatic heterocycles. The summed E-state index contributed by atoms with van der Waals surface area (Å²) in [4.78, 5) is 4.78. The second-order valence-electron chi connectivity index (χ2n) is 6.00. The van der Waals surface area contributed by atoms with E-state index in [9.17, 15) is 0 Å². The lowest BCUT2D eigenvalue weighted by Gasteiger charge is -2.14. The molecule has 0 saturated heterocycles. The molecule has 3 nitrogen and oxygen atoms in total. The molecule has 1 heterocycles. The summed E-state index contributed by atoms with van der Waals surface area (Å²) in [5.41, 5.74) is 2.41. The van der Waals surface area contributed by atoms with Gasteiger partial charge in [-0.2, -0.15) is 0 Å². The lowest BCUT2D eigenvalue weighted by molar-refractivity contribution is 0.474. The highest BCUT2D eigenvalue weighted by molar-refractivity contribution is 5.75. The van der Waals surface area contributed by atoms with Crippen molar-refractivity contribution < 1.29 is 0 Å². The zero-order chi connectivity index (χ0) is 13.9. The number of benzene rings is 1. The fraction of sp³-hybridized carbons (Fsp3) is 0.588. The number of imidazole rings is 1. The van der Waals surface area contributed by atoms with Crippen molar-refractivity contribution in [2.45, 2.75) is 52.1 Å². The van der Waals surface area contributed by atoms with Gasteiger partial charge in [-0.1, -0.05) is 19.1 Å². The molecule has 0 amide bonds. The molecule has 2 aromatic rings. The molecule has 1 aliphatic carbocycles. The first kappa shape index (κ1) is 13.6. The Morgan fingerprint density at radius 2 is 2.15 bits per heavy atom. The molecule has 0 spiro atoms. The van der Waals surface area contributed by atoms with Gasteiger partial charge in [-0.3, -0.25) is 0 Å². The van der Waals surface area contributed by atoms with Gasteiger partial charge in [0, 0.05) is 25.6 Å². The number of hydrogen-bond donors (Lipinski definition) is 1. The molecular weight excluding hydrogens is 246 g/mol. The summed E-state index contributed by atoms with van der Waals surface area (Å²) in [7, 11) is 0. The third-order valence-electron chi connectivity index (χ3n) is 4.34. The van der Waals surface area contributed by atoms with Gasteiger partial charge in [0.05, 0.1) is 11.0 Å². The zero-order valence-corrected chi connectivity index (χ0v) is 12.6. The summed E-state index contributed by atoms with van der Waals surface area (Å²) >= 11 is 0. The molecule has 108 valence electrons. The topological polar surface area (TPSA) is 29.9 Å². The van der Waals surface area contributed by atoms with Crippen molar-refractivity contribution >= 4 is 11.0 Å². The van der Waals surface area contributed by atoms with E-state index < -0.39 is 0 Å². The molecule has 0 bridgehead atoms. The molecule has 1 atom stereocenters. The number of para-hydroxylation sites is 2. The fourth-order valence-electron chi connectivity index (χ4n) is 2.96. The van der Waals surface area contributed by atoms with Crippen LogP contribution in [0, 0.1) is 5.92 Å². The Bertz CT molecular complexity index is 569. The SMILES string of the molecule is CCCc1nc2ccccc2n1CCNC(C)C1CC1. The van der Waals surface area contributed by atoms with E-state index in [-0.39, 0.29) is 0 Å². The van der Waals surface area contributed by atoms with Crippen molar-refractivity contribution in [3.63, 3.8) is 0 Å². The van der Waals surface area contributed by atoms with Crippen LogP contribution in [0.3, 0.4) is 0 Å². The molecular formula is C17H25N3. The molecule has 0 radical (unpaired) electrons. The van der Waals surface area contributed by atoms with Gasteiger partial charge in [0.25, 0.3) is 0 Å². The highest BCUT2D eigenvalue weighted by Crippen LogP contribution is 2.32. The number of rotatable bonds is 7.